The minimum absolute atomic E-state index is 0.196. The highest BCUT2D eigenvalue weighted by Crippen LogP contribution is 2.27. The fraction of sp³-hybridized carbons (Fsp3) is 0.200. The average molecular weight is 355 g/mol. The predicted octanol–water partition coefficient (Wildman–Crippen LogP) is 3.91. The zero-order chi connectivity index (χ0) is 18.5. The fourth-order valence-corrected chi connectivity index (χ4v) is 2.82. The summed E-state index contributed by atoms with van der Waals surface area (Å²) in [6.45, 7) is 0.306. The Kier molecular flexibility index (Phi) is 5.31. The van der Waals surface area contributed by atoms with Crippen LogP contribution in [0.15, 0.2) is 59.7 Å². The molecule has 0 aromatic heterocycles. The third-order valence-electron chi connectivity index (χ3n) is 4.18. The van der Waals surface area contributed by atoms with Gasteiger partial charge in [-0.05, 0) is 61.2 Å². The molecule has 6 heteroatoms. The maximum atomic E-state index is 12.9. The molecule has 134 valence electrons. The lowest BCUT2D eigenvalue weighted by atomic mass is 10.1. The number of aliphatic carboxylic acids is 1. The van der Waals surface area contributed by atoms with Crippen molar-refractivity contribution in [3.05, 3.63) is 71.1 Å². The maximum Gasteiger partial charge on any atom is 0.332 e. The van der Waals surface area contributed by atoms with E-state index in [0.29, 0.717) is 42.9 Å². The Balaban J connectivity index is 1.59. The molecule has 1 amide bonds. The number of carbonyl (C=O) groups excluding carboxylic acids is 1. The normalized spacial score (nSPS) is 13.6. The molecule has 0 unspecified atom stereocenters. The predicted molar refractivity (Wildman–Crippen MR) is 94.3 cm³/mol. The molecule has 0 spiro atoms. The number of nitrogens with one attached hydrogen (secondary N) is 1. The third-order valence-corrected chi connectivity index (χ3v) is 4.18. The van der Waals surface area contributed by atoms with E-state index in [-0.39, 0.29) is 17.3 Å². The van der Waals surface area contributed by atoms with Crippen LogP contribution < -0.4 is 10.1 Å². The van der Waals surface area contributed by atoms with Gasteiger partial charge in [0.15, 0.2) is 0 Å². The number of amides is 1. The van der Waals surface area contributed by atoms with E-state index >= 15 is 0 Å². The number of halogens is 1. The van der Waals surface area contributed by atoms with Gasteiger partial charge in [-0.3, -0.25) is 4.79 Å². The average Bonchev–Trinajstić information content (AvgIpc) is 3.13. The quantitative estimate of drug-likeness (QED) is 0.824. The number of hydrogen-bond acceptors (Lipinski definition) is 3. The highest BCUT2D eigenvalue weighted by atomic mass is 19.1. The van der Waals surface area contributed by atoms with E-state index in [1.807, 2.05) is 0 Å². The van der Waals surface area contributed by atoms with Crippen molar-refractivity contribution in [2.24, 2.45) is 0 Å². The molecule has 0 aliphatic heterocycles. The third kappa shape index (κ3) is 4.27. The van der Waals surface area contributed by atoms with E-state index in [1.165, 1.54) is 12.1 Å². The summed E-state index contributed by atoms with van der Waals surface area (Å²) in [6.07, 6.45) is 1.58. The van der Waals surface area contributed by atoms with Gasteiger partial charge in [0.05, 0.1) is 0 Å². The van der Waals surface area contributed by atoms with E-state index in [1.54, 1.807) is 36.4 Å². The molecular weight excluding hydrogens is 337 g/mol. The first-order valence-electron chi connectivity index (χ1n) is 8.27. The van der Waals surface area contributed by atoms with E-state index in [4.69, 9.17) is 9.84 Å². The summed E-state index contributed by atoms with van der Waals surface area (Å²) in [5.74, 6) is -1.09. The molecule has 2 N–H and O–H groups in total. The van der Waals surface area contributed by atoms with E-state index < -0.39 is 5.97 Å². The lowest BCUT2D eigenvalue weighted by Gasteiger charge is -2.09. The van der Waals surface area contributed by atoms with Crippen molar-refractivity contribution >= 4 is 17.6 Å². The Labute approximate surface area is 150 Å². The van der Waals surface area contributed by atoms with Crippen LogP contribution in [0.4, 0.5) is 10.1 Å². The van der Waals surface area contributed by atoms with Crippen molar-refractivity contribution in [2.75, 3.05) is 5.32 Å². The Morgan fingerprint density at radius 2 is 1.65 bits per heavy atom. The molecule has 0 saturated heterocycles. The first-order chi connectivity index (χ1) is 12.5. The van der Waals surface area contributed by atoms with E-state index in [0.717, 1.165) is 5.56 Å². The number of carbonyl (C=O) groups is 2. The van der Waals surface area contributed by atoms with Crippen molar-refractivity contribution in [1.29, 1.82) is 0 Å². The molecule has 3 rings (SSSR count). The van der Waals surface area contributed by atoms with Gasteiger partial charge >= 0.3 is 5.97 Å². The van der Waals surface area contributed by atoms with Gasteiger partial charge in [-0.15, -0.1) is 0 Å². The van der Waals surface area contributed by atoms with Crippen LogP contribution in [0.25, 0.3) is 0 Å². The molecule has 2 aromatic carbocycles. The summed E-state index contributed by atoms with van der Waals surface area (Å²) in [5.41, 5.74) is 1.95. The highest BCUT2D eigenvalue weighted by molar-refractivity contribution is 6.09. The van der Waals surface area contributed by atoms with Gasteiger partial charge in [0.1, 0.15) is 18.2 Å². The number of carboxylic acids is 1. The second-order valence-electron chi connectivity index (χ2n) is 6.01. The minimum atomic E-state index is -1.03. The molecule has 1 aliphatic rings. The first kappa shape index (κ1) is 17.7. The van der Waals surface area contributed by atoms with Crippen LogP contribution in [0.2, 0.25) is 0 Å². The Morgan fingerprint density at radius 1 is 1.00 bits per heavy atom. The first-order valence-corrected chi connectivity index (χ1v) is 8.27. The minimum Gasteiger partial charge on any atom is -0.489 e. The monoisotopic (exact) mass is 355 g/mol. The molecule has 1 aliphatic carbocycles. The molecule has 0 saturated carbocycles. The van der Waals surface area contributed by atoms with Crippen LogP contribution in [0.3, 0.4) is 0 Å². The number of hydrogen-bond donors (Lipinski definition) is 2. The molecule has 0 radical (unpaired) electrons. The molecule has 0 heterocycles. The molecule has 26 heavy (non-hydrogen) atoms. The number of rotatable bonds is 6. The second kappa shape index (κ2) is 7.82. The Hall–Kier alpha value is -3.15. The molecule has 0 atom stereocenters. The lowest BCUT2D eigenvalue weighted by molar-refractivity contribution is -0.133. The zero-order valence-electron chi connectivity index (χ0n) is 14.0. The second-order valence-corrected chi connectivity index (χ2v) is 6.01. The van der Waals surface area contributed by atoms with Crippen molar-refractivity contribution in [3.63, 3.8) is 0 Å². The number of carboxylic acid groups (broad SMARTS) is 1. The van der Waals surface area contributed by atoms with Crippen LogP contribution in [-0.4, -0.2) is 17.0 Å². The number of anilines is 1. The largest absolute Gasteiger partial charge is 0.489 e. The summed E-state index contributed by atoms with van der Waals surface area (Å²) < 4.78 is 18.5. The summed E-state index contributed by atoms with van der Waals surface area (Å²) in [5, 5.41) is 11.8. The fourth-order valence-electron chi connectivity index (χ4n) is 2.82. The smallest absolute Gasteiger partial charge is 0.332 e. The summed E-state index contributed by atoms with van der Waals surface area (Å²) >= 11 is 0. The summed E-state index contributed by atoms with van der Waals surface area (Å²) in [4.78, 5) is 23.4. The molecule has 2 aromatic rings. The molecule has 5 nitrogen and oxygen atoms in total. The van der Waals surface area contributed by atoms with Crippen molar-refractivity contribution in [2.45, 2.75) is 25.9 Å². The van der Waals surface area contributed by atoms with Crippen LogP contribution in [0, 0.1) is 5.82 Å². The lowest BCUT2D eigenvalue weighted by Crippen LogP contribution is -2.16. The number of ether oxygens (including phenoxy) is 1. The van der Waals surface area contributed by atoms with Gasteiger partial charge in [0.25, 0.3) is 5.91 Å². The van der Waals surface area contributed by atoms with Crippen LogP contribution >= 0.6 is 0 Å². The standard InChI is InChI=1S/C20H18FNO4/c21-14-6-4-13(5-7-14)12-26-16-10-8-15(9-11-16)22-19(23)17-2-1-3-18(17)20(24)25/h4-11H,1-3,12H2,(H,22,23)(H,24,25). The Morgan fingerprint density at radius 3 is 2.31 bits per heavy atom. The van der Waals surface area contributed by atoms with Crippen LogP contribution in [-0.2, 0) is 16.2 Å². The van der Waals surface area contributed by atoms with Gasteiger partial charge in [-0.25, -0.2) is 9.18 Å². The summed E-state index contributed by atoms with van der Waals surface area (Å²) in [7, 11) is 0. The van der Waals surface area contributed by atoms with Gasteiger partial charge < -0.3 is 15.2 Å². The van der Waals surface area contributed by atoms with E-state index in [2.05, 4.69) is 5.32 Å². The molecular formula is C20H18FNO4. The van der Waals surface area contributed by atoms with Crippen LogP contribution in [0.1, 0.15) is 24.8 Å². The summed E-state index contributed by atoms with van der Waals surface area (Å²) in [6, 6.07) is 12.8. The highest BCUT2D eigenvalue weighted by Gasteiger charge is 2.25. The van der Waals surface area contributed by atoms with Crippen LogP contribution in [0.5, 0.6) is 5.75 Å². The zero-order valence-corrected chi connectivity index (χ0v) is 14.0. The molecule has 0 bridgehead atoms. The topological polar surface area (TPSA) is 75.6 Å². The van der Waals surface area contributed by atoms with Crippen molar-refractivity contribution in [3.8, 4) is 5.75 Å². The van der Waals surface area contributed by atoms with E-state index in [9.17, 15) is 14.0 Å². The molecule has 0 fully saturated rings. The maximum absolute atomic E-state index is 12.9. The van der Waals surface area contributed by atoms with Gasteiger partial charge in [0.2, 0.25) is 0 Å². The van der Waals surface area contributed by atoms with Gasteiger partial charge in [0, 0.05) is 16.8 Å². The van der Waals surface area contributed by atoms with Crippen molar-refractivity contribution < 1.29 is 23.8 Å². The Bertz CT molecular complexity index is 841. The van der Waals surface area contributed by atoms with Gasteiger partial charge in [-0.2, -0.15) is 0 Å². The van der Waals surface area contributed by atoms with Gasteiger partial charge in [-0.1, -0.05) is 12.1 Å². The SMILES string of the molecule is O=C(O)C1=C(C(=O)Nc2ccc(OCc3ccc(F)cc3)cc2)CCC1. The van der Waals surface area contributed by atoms with Crippen molar-refractivity contribution in [1.82, 2.24) is 0 Å². The number of benzene rings is 2.